The smallest absolute Gasteiger partial charge is 0.407 e. The normalized spacial score (nSPS) is 13.3. The average Bonchev–Trinajstić information content (AvgIpc) is 3.05. The molecule has 0 fully saturated rings. The van der Waals surface area contributed by atoms with Crippen LogP contribution in [0.2, 0.25) is 0 Å². The summed E-state index contributed by atoms with van der Waals surface area (Å²) in [6.07, 6.45) is -1.72. The number of halogens is 3. The Kier molecular flexibility index (Phi) is 6.63. The van der Waals surface area contributed by atoms with E-state index in [4.69, 9.17) is 9.84 Å². The van der Waals surface area contributed by atoms with Gasteiger partial charge in [-0.2, -0.15) is 0 Å². The summed E-state index contributed by atoms with van der Waals surface area (Å²) in [5.74, 6) is -1.97. The van der Waals surface area contributed by atoms with Gasteiger partial charge in [-0.3, -0.25) is 0 Å². The minimum absolute atomic E-state index is 0.0876. The molecule has 0 saturated heterocycles. The maximum atomic E-state index is 14.3. The first-order valence-corrected chi connectivity index (χ1v) is 9.28. The Labute approximate surface area is 170 Å². The zero-order valence-electron chi connectivity index (χ0n) is 16.1. The second kappa shape index (κ2) is 9.19. The summed E-state index contributed by atoms with van der Waals surface area (Å²) < 4.78 is 46.4. The molecule has 0 bridgehead atoms. The van der Waals surface area contributed by atoms with E-state index < -0.39 is 42.3 Å². The number of hydrogen-bond acceptors (Lipinski definition) is 4. The second-order valence-corrected chi connectivity index (χ2v) is 6.86. The van der Waals surface area contributed by atoms with Gasteiger partial charge in [-0.15, -0.1) is 0 Å². The fraction of sp³-hybridized carbons (Fsp3) is 0.286. The lowest BCUT2D eigenvalue weighted by Gasteiger charge is -2.18. The number of alkyl carbamates (subject to hydrolysis) is 1. The molecule has 4 N–H and O–H groups in total. The molecule has 2 atom stereocenters. The topological polar surface area (TPSA) is 94.6 Å². The van der Waals surface area contributed by atoms with Crippen LogP contribution in [-0.4, -0.2) is 46.6 Å². The van der Waals surface area contributed by atoms with Crippen LogP contribution >= 0.6 is 0 Å². The van der Waals surface area contributed by atoms with Crippen molar-refractivity contribution < 1.29 is 32.9 Å². The van der Waals surface area contributed by atoms with Crippen LogP contribution in [0, 0.1) is 17.5 Å². The van der Waals surface area contributed by atoms with Crippen molar-refractivity contribution in [1.29, 1.82) is 0 Å². The zero-order valence-corrected chi connectivity index (χ0v) is 16.1. The van der Waals surface area contributed by atoms with Gasteiger partial charge in [0, 0.05) is 23.6 Å². The summed E-state index contributed by atoms with van der Waals surface area (Å²) in [5.41, 5.74) is 1.60. The monoisotopic (exact) mass is 422 g/mol. The Balaban J connectivity index is 1.85. The zero-order chi connectivity index (χ0) is 21.8. The number of carbonyl (C=O) groups excluding carboxylic acids is 1. The molecule has 0 unspecified atom stereocenters. The number of aromatic nitrogens is 1. The summed E-state index contributed by atoms with van der Waals surface area (Å²) >= 11 is 0. The van der Waals surface area contributed by atoms with Crippen molar-refractivity contribution >= 4 is 17.0 Å². The van der Waals surface area contributed by atoms with Gasteiger partial charge >= 0.3 is 6.09 Å². The Bertz CT molecular complexity index is 1030. The van der Waals surface area contributed by atoms with E-state index in [1.807, 2.05) is 0 Å². The van der Waals surface area contributed by atoms with Crippen molar-refractivity contribution in [3.8, 4) is 11.3 Å². The van der Waals surface area contributed by atoms with Crippen LogP contribution in [0.5, 0.6) is 0 Å². The molecule has 3 aromatic rings. The number of benzene rings is 2. The van der Waals surface area contributed by atoms with Crippen molar-refractivity contribution in [1.82, 2.24) is 10.3 Å². The van der Waals surface area contributed by atoms with E-state index in [1.54, 1.807) is 0 Å². The first-order chi connectivity index (χ1) is 14.3. The molecular weight excluding hydrogens is 401 g/mol. The number of aliphatic hydroxyl groups excluding tert-OH is 2. The fourth-order valence-electron chi connectivity index (χ4n) is 3.15. The van der Waals surface area contributed by atoms with Gasteiger partial charge in [0.05, 0.1) is 30.9 Å². The molecule has 3 rings (SSSR count). The molecule has 0 aliphatic rings. The van der Waals surface area contributed by atoms with Gasteiger partial charge in [-0.05, 0) is 48.4 Å². The quantitative estimate of drug-likeness (QED) is 0.470. The number of amides is 1. The van der Waals surface area contributed by atoms with E-state index in [9.17, 15) is 23.1 Å². The second-order valence-electron chi connectivity index (χ2n) is 6.86. The maximum Gasteiger partial charge on any atom is 0.407 e. The van der Waals surface area contributed by atoms with Crippen LogP contribution in [0.4, 0.5) is 18.0 Å². The van der Waals surface area contributed by atoms with Crippen LogP contribution in [0.1, 0.15) is 12.5 Å². The first-order valence-electron chi connectivity index (χ1n) is 9.28. The molecule has 1 aromatic heterocycles. The van der Waals surface area contributed by atoms with Gasteiger partial charge in [0.1, 0.15) is 17.5 Å². The van der Waals surface area contributed by atoms with Gasteiger partial charge in [-0.25, -0.2) is 18.0 Å². The lowest BCUT2D eigenvalue weighted by molar-refractivity contribution is 0.0884. The van der Waals surface area contributed by atoms with Crippen molar-refractivity contribution in [2.24, 2.45) is 0 Å². The molecule has 30 heavy (non-hydrogen) atoms. The molecule has 0 saturated carbocycles. The van der Waals surface area contributed by atoms with Crippen LogP contribution in [-0.2, 0) is 11.2 Å². The number of rotatable bonds is 7. The van der Waals surface area contributed by atoms with E-state index in [0.717, 1.165) is 6.07 Å². The maximum absolute atomic E-state index is 14.3. The molecule has 1 heterocycles. The third-order valence-corrected chi connectivity index (χ3v) is 4.73. The predicted molar refractivity (Wildman–Crippen MR) is 104 cm³/mol. The number of nitrogens with one attached hydrogen (secondary N) is 2. The Hall–Kier alpha value is -3.04. The van der Waals surface area contributed by atoms with Gasteiger partial charge in [0.2, 0.25) is 0 Å². The van der Waals surface area contributed by atoms with Gasteiger partial charge < -0.3 is 25.3 Å². The summed E-state index contributed by atoms with van der Waals surface area (Å²) in [6, 6.07) is 6.54. The number of hydrogen-bond donors (Lipinski definition) is 4. The number of H-pyrrole nitrogens is 1. The SMILES string of the molecule is C[C@@H](O)[C@@H](CO)NC(=O)OCCc1c(-c2ccc(F)cc2)[nH]c2c(F)cc(F)cc12. The number of ether oxygens (including phenoxy) is 1. The van der Waals surface area contributed by atoms with Gasteiger partial charge in [-0.1, -0.05) is 0 Å². The van der Waals surface area contributed by atoms with Crippen LogP contribution in [0.3, 0.4) is 0 Å². The number of carbonyl (C=O) groups is 1. The molecule has 0 aliphatic carbocycles. The molecule has 0 radical (unpaired) electrons. The highest BCUT2D eigenvalue weighted by atomic mass is 19.1. The Morgan fingerprint density at radius 2 is 1.87 bits per heavy atom. The van der Waals surface area contributed by atoms with Gasteiger partial charge in [0.15, 0.2) is 0 Å². The molecule has 2 aromatic carbocycles. The highest BCUT2D eigenvalue weighted by molar-refractivity contribution is 5.91. The van der Waals surface area contributed by atoms with Crippen LogP contribution < -0.4 is 5.32 Å². The third-order valence-electron chi connectivity index (χ3n) is 4.73. The highest BCUT2D eigenvalue weighted by Gasteiger charge is 2.19. The largest absolute Gasteiger partial charge is 0.449 e. The number of fused-ring (bicyclic) bond motifs is 1. The first kappa shape index (κ1) is 21.7. The van der Waals surface area contributed by atoms with E-state index in [-0.39, 0.29) is 23.9 Å². The van der Waals surface area contributed by atoms with E-state index in [0.29, 0.717) is 16.8 Å². The number of aliphatic hydroxyl groups is 2. The lowest BCUT2D eigenvalue weighted by atomic mass is 10.0. The summed E-state index contributed by atoms with van der Waals surface area (Å²) in [4.78, 5) is 14.8. The summed E-state index contributed by atoms with van der Waals surface area (Å²) in [7, 11) is 0. The Morgan fingerprint density at radius 3 is 2.50 bits per heavy atom. The summed E-state index contributed by atoms with van der Waals surface area (Å²) in [6.45, 7) is 0.802. The standard InChI is InChI=1S/C21H21F3N2O4/c1-11(28)18(10-27)25-21(29)30-7-6-15-16-8-14(23)9-17(24)20(16)26-19(15)12-2-4-13(22)5-3-12/h2-5,8-9,11,18,26-28H,6-7,10H2,1H3,(H,25,29)/t11-,18-/m1/s1. The molecule has 9 heteroatoms. The molecule has 160 valence electrons. The van der Waals surface area contributed by atoms with Crippen LogP contribution in [0.25, 0.3) is 22.2 Å². The Morgan fingerprint density at radius 1 is 1.17 bits per heavy atom. The van der Waals surface area contributed by atoms with Crippen molar-refractivity contribution in [2.75, 3.05) is 13.2 Å². The fourth-order valence-corrected chi connectivity index (χ4v) is 3.15. The van der Waals surface area contributed by atoms with E-state index in [1.165, 1.54) is 37.3 Å². The number of aromatic amines is 1. The highest BCUT2D eigenvalue weighted by Crippen LogP contribution is 2.33. The van der Waals surface area contributed by atoms with Crippen molar-refractivity contribution in [3.63, 3.8) is 0 Å². The van der Waals surface area contributed by atoms with Gasteiger partial charge in [0.25, 0.3) is 0 Å². The van der Waals surface area contributed by atoms with E-state index >= 15 is 0 Å². The molecule has 1 amide bonds. The van der Waals surface area contributed by atoms with E-state index in [2.05, 4.69) is 10.3 Å². The molecule has 6 nitrogen and oxygen atoms in total. The van der Waals surface area contributed by atoms with Crippen molar-refractivity contribution in [2.45, 2.75) is 25.5 Å². The third kappa shape index (κ3) is 4.74. The minimum atomic E-state index is -0.979. The molecule has 0 spiro atoms. The van der Waals surface area contributed by atoms with Crippen LogP contribution in [0.15, 0.2) is 36.4 Å². The molecule has 0 aliphatic heterocycles. The molecular formula is C21H21F3N2O4. The van der Waals surface area contributed by atoms with Crippen molar-refractivity contribution in [3.05, 3.63) is 59.4 Å². The minimum Gasteiger partial charge on any atom is -0.449 e. The average molecular weight is 422 g/mol. The lowest BCUT2D eigenvalue weighted by Crippen LogP contribution is -2.44. The predicted octanol–water partition coefficient (Wildman–Crippen LogP) is 3.26. The summed E-state index contributed by atoms with van der Waals surface area (Å²) in [5, 5.41) is 21.2.